The molecule has 0 aromatic heterocycles. The minimum Gasteiger partial charge on any atom is -0.482 e. The van der Waals surface area contributed by atoms with Crippen molar-refractivity contribution in [2.75, 3.05) is 18.5 Å². The van der Waals surface area contributed by atoms with Crippen molar-refractivity contribution in [2.24, 2.45) is 0 Å². The predicted octanol–water partition coefficient (Wildman–Crippen LogP) is 3.88. The van der Waals surface area contributed by atoms with Crippen molar-refractivity contribution in [1.29, 1.82) is 0 Å². The van der Waals surface area contributed by atoms with E-state index in [-0.39, 0.29) is 24.9 Å². The van der Waals surface area contributed by atoms with E-state index in [9.17, 15) is 14.4 Å². The fraction of sp³-hybridized carbons (Fsp3) is 0.318. The number of hydrogen-bond donors (Lipinski definition) is 1. The van der Waals surface area contributed by atoms with Crippen molar-refractivity contribution in [2.45, 2.75) is 33.6 Å². The molecule has 0 unspecified atom stereocenters. The number of carbonyl (C=O) groups excluding carboxylic acids is 3. The van der Waals surface area contributed by atoms with E-state index in [4.69, 9.17) is 9.47 Å². The van der Waals surface area contributed by atoms with Gasteiger partial charge in [-0.25, -0.2) is 4.79 Å². The maximum absolute atomic E-state index is 12.1. The molecule has 0 atom stereocenters. The number of nitrogens with one attached hydrogen (secondary N) is 1. The highest BCUT2D eigenvalue weighted by atomic mass is 16.6. The average Bonchev–Trinajstić information content (AvgIpc) is 2.65. The Hall–Kier alpha value is -3.15. The molecule has 0 radical (unpaired) electrons. The average molecular weight is 383 g/mol. The van der Waals surface area contributed by atoms with Crippen LogP contribution in [-0.4, -0.2) is 30.9 Å². The summed E-state index contributed by atoms with van der Waals surface area (Å²) in [5, 5.41) is 2.62. The van der Waals surface area contributed by atoms with Gasteiger partial charge >= 0.3 is 5.97 Å². The Labute approximate surface area is 164 Å². The van der Waals surface area contributed by atoms with E-state index < -0.39 is 5.97 Å². The lowest BCUT2D eigenvalue weighted by Gasteiger charge is -2.12. The number of esters is 1. The topological polar surface area (TPSA) is 81.7 Å². The van der Waals surface area contributed by atoms with Crippen LogP contribution in [0.4, 0.5) is 5.69 Å². The van der Waals surface area contributed by atoms with Crippen LogP contribution in [0.25, 0.3) is 0 Å². The van der Waals surface area contributed by atoms with Gasteiger partial charge in [-0.3, -0.25) is 9.59 Å². The molecule has 0 aliphatic heterocycles. The highest BCUT2D eigenvalue weighted by molar-refractivity contribution is 5.98. The van der Waals surface area contributed by atoms with E-state index in [0.29, 0.717) is 22.9 Å². The number of rotatable bonds is 8. The monoisotopic (exact) mass is 383 g/mol. The van der Waals surface area contributed by atoms with Crippen LogP contribution in [0, 0.1) is 6.92 Å². The molecular formula is C22H25NO5. The third-order valence-corrected chi connectivity index (χ3v) is 4.12. The van der Waals surface area contributed by atoms with Gasteiger partial charge in [0.15, 0.2) is 19.0 Å². The zero-order valence-electron chi connectivity index (χ0n) is 16.6. The predicted molar refractivity (Wildman–Crippen MR) is 107 cm³/mol. The fourth-order valence-corrected chi connectivity index (χ4v) is 2.48. The molecule has 6 heteroatoms. The fourth-order valence-electron chi connectivity index (χ4n) is 2.48. The SMILES string of the molecule is CC(=O)Nc1ccc(C(=O)COC(=O)COc2cc(C(C)C)ccc2C)cc1. The molecule has 0 saturated heterocycles. The van der Waals surface area contributed by atoms with Crippen molar-refractivity contribution in [3.8, 4) is 5.75 Å². The number of hydrogen-bond acceptors (Lipinski definition) is 5. The molecule has 1 amide bonds. The Balaban J connectivity index is 1.84. The quantitative estimate of drug-likeness (QED) is 0.553. The van der Waals surface area contributed by atoms with Crippen molar-refractivity contribution in [3.63, 3.8) is 0 Å². The summed E-state index contributed by atoms with van der Waals surface area (Å²) < 4.78 is 10.6. The number of ketones is 1. The van der Waals surface area contributed by atoms with Gasteiger partial charge in [0.1, 0.15) is 5.75 Å². The zero-order valence-corrected chi connectivity index (χ0v) is 16.6. The molecule has 0 aliphatic carbocycles. The smallest absolute Gasteiger partial charge is 0.344 e. The number of benzene rings is 2. The highest BCUT2D eigenvalue weighted by Gasteiger charge is 2.12. The Bertz CT molecular complexity index is 856. The van der Waals surface area contributed by atoms with Crippen LogP contribution in [0.2, 0.25) is 0 Å². The molecule has 0 aliphatic rings. The summed E-state index contributed by atoms with van der Waals surface area (Å²) in [6, 6.07) is 12.3. The highest BCUT2D eigenvalue weighted by Crippen LogP contribution is 2.24. The number of anilines is 1. The van der Waals surface area contributed by atoms with Crippen molar-refractivity contribution in [1.82, 2.24) is 0 Å². The molecular weight excluding hydrogens is 358 g/mol. The van der Waals surface area contributed by atoms with E-state index in [1.165, 1.54) is 6.92 Å². The third-order valence-electron chi connectivity index (χ3n) is 4.12. The summed E-state index contributed by atoms with van der Waals surface area (Å²) in [6.45, 7) is 6.83. The zero-order chi connectivity index (χ0) is 20.7. The van der Waals surface area contributed by atoms with Gasteiger partial charge in [0.2, 0.25) is 5.91 Å². The summed E-state index contributed by atoms with van der Waals surface area (Å²) in [6.07, 6.45) is 0. The minimum absolute atomic E-state index is 0.192. The first kappa shape index (κ1) is 21.2. The molecule has 2 rings (SSSR count). The summed E-state index contributed by atoms with van der Waals surface area (Å²) in [5.41, 5.74) is 3.02. The normalized spacial score (nSPS) is 10.5. The minimum atomic E-state index is -0.613. The third kappa shape index (κ3) is 6.23. The van der Waals surface area contributed by atoms with E-state index in [1.54, 1.807) is 24.3 Å². The molecule has 0 heterocycles. The lowest BCUT2D eigenvalue weighted by atomic mass is 10.0. The molecule has 0 spiro atoms. The first-order valence-corrected chi connectivity index (χ1v) is 9.06. The van der Waals surface area contributed by atoms with Gasteiger partial charge < -0.3 is 14.8 Å². The van der Waals surface area contributed by atoms with Gasteiger partial charge in [-0.05, 0) is 54.3 Å². The Morgan fingerprint density at radius 1 is 1.00 bits per heavy atom. The van der Waals surface area contributed by atoms with E-state index in [2.05, 4.69) is 19.2 Å². The van der Waals surface area contributed by atoms with Crippen LogP contribution in [0.5, 0.6) is 5.75 Å². The number of Topliss-reactive ketones (excluding diaryl/α,β-unsaturated/α-hetero) is 1. The van der Waals surface area contributed by atoms with Gasteiger partial charge in [0.25, 0.3) is 0 Å². The number of ether oxygens (including phenoxy) is 2. The number of amides is 1. The van der Waals surface area contributed by atoms with E-state index in [0.717, 1.165) is 11.1 Å². The Kier molecular flexibility index (Phi) is 7.32. The van der Waals surface area contributed by atoms with Crippen LogP contribution in [0.1, 0.15) is 48.2 Å². The molecule has 148 valence electrons. The maximum atomic E-state index is 12.1. The second-order valence-electron chi connectivity index (χ2n) is 6.81. The van der Waals surface area contributed by atoms with Crippen LogP contribution >= 0.6 is 0 Å². The van der Waals surface area contributed by atoms with Gasteiger partial charge in [0.05, 0.1) is 0 Å². The molecule has 2 aromatic rings. The lowest BCUT2D eigenvalue weighted by Crippen LogP contribution is -2.19. The summed E-state index contributed by atoms with van der Waals surface area (Å²) in [5.74, 6) is -0.159. The van der Waals surface area contributed by atoms with Crippen LogP contribution in [-0.2, 0) is 14.3 Å². The van der Waals surface area contributed by atoms with Gasteiger partial charge in [-0.2, -0.15) is 0 Å². The van der Waals surface area contributed by atoms with Crippen molar-refractivity contribution >= 4 is 23.3 Å². The first-order chi connectivity index (χ1) is 13.3. The largest absolute Gasteiger partial charge is 0.482 e. The van der Waals surface area contributed by atoms with Crippen molar-refractivity contribution in [3.05, 3.63) is 59.2 Å². The Morgan fingerprint density at radius 2 is 1.68 bits per heavy atom. The standard InChI is InChI=1S/C22H25NO5/c1-14(2)18-6-5-15(3)21(11-18)27-13-22(26)28-12-20(25)17-7-9-19(10-8-17)23-16(4)24/h5-11,14H,12-13H2,1-4H3,(H,23,24). The summed E-state index contributed by atoms with van der Waals surface area (Å²) in [4.78, 5) is 35.0. The van der Waals surface area contributed by atoms with Gasteiger partial charge in [-0.1, -0.05) is 26.0 Å². The maximum Gasteiger partial charge on any atom is 0.344 e. The van der Waals surface area contributed by atoms with E-state index in [1.807, 2.05) is 25.1 Å². The second-order valence-corrected chi connectivity index (χ2v) is 6.81. The van der Waals surface area contributed by atoms with Crippen LogP contribution in [0.3, 0.4) is 0 Å². The molecule has 2 aromatic carbocycles. The molecule has 1 N–H and O–H groups in total. The van der Waals surface area contributed by atoms with Crippen molar-refractivity contribution < 1.29 is 23.9 Å². The van der Waals surface area contributed by atoms with Gasteiger partial charge in [-0.15, -0.1) is 0 Å². The molecule has 0 saturated carbocycles. The molecule has 0 fully saturated rings. The molecule has 0 bridgehead atoms. The summed E-state index contributed by atoms with van der Waals surface area (Å²) in [7, 11) is 0. The lowest BCUT2D eigenvalue weighted by molar-refractivity contribution is -0.144. The first-order valence-electron chi connectivity index (χ1n) is 9.06. The molecule has 28 heavy (non-hydrogen) atoms. The summed E-state index contributed by atoms with van der Waals surface area (Å²) >= 11 is 0. The van der Waals surface area contributed by atoms with E-state index >= 15 is 0 Å². The van der Waals surface area contributed by atoms with Crippen LogP contribution < -0.4 is 10.1 Å². The molecule has 6 nitrogen and oxygen atoms in total. The number of aryl methyl sites for hydroxylation is 1. The number of carbonyl (C=O) groups is 3. The second kappa shape index (κ2) is 9.69. The Morgan fingerprint density at radius 3 is 2.29 bits per heavy atom. The van der Waals surface area contributed by atoms with Crippen LogP contribution in [0.15, 0.2) is 42.5 Å². The van der Waals surface area contributed by atoms with Gasteiger partial charge in [0, 0.05) is 18.2 Å².